The van der Waals surface area contributed by atoms with Gasteiger partial charge in [0.15, 0.2) is 17.1 Å². The van der Waals surface area contributed by atoms with E-state index in [0.717, 1.165) is 20.4 Å². The molecule has 0 fully saturated rings. The Morgan fingerprint density at radius 1 is 1.23 bits per heavy atom. The number of halogens is 1. The molecular formula is C19H16ClN7O3. The molecule has 0 saturated heterocycles. The number of rotatable bonds is 5. The van der Waals surface area contributed by atoms with Gasteiger partial charge in [0.1, 0.15) is 6.33 Å². The van der Waals surface area contributed by atoms with Crippen molar-refractivity contribution in [3.63, 3.8) is 0 Å². The molecule has 0 spiro atoms. The van der Waals surface area contributed by atoms with Crippen LogP contribution in [-0.2, 0) is 11.3 Å². The van der Waals surface area contributed by atoms with E-state index >= 15 is 0 Å². The fraction of sp³-hybridized carbons (Fsp3) is 0.211. The molecule has 3 aromatic rings. The molecule has 0 atom stereocenters. The van der Waals surface area contributed by atoms with Gasteiger partial charge in [-0.2, -0.15) is 4.68 Å². The summed E-state index contributed by atoms with van der Waals surface area (Å²) in [6.07, 6.45) is 3.06. The molecule has 0 saturated carbocycles. The van der Waals surface area contributed by atoms with Crippen LogP contribution < -0.4 is 11.0 Å². The summed E-state index contributed by atoms with van der Waals surface area (Å²) in [6.45, 7) is 2.00. The molecule has 10 nitrogen and oxygen atoms in total. The second kappa shape index (κ2) is 7.99. The predicted molar refractivity (Wildman–Crippen MR) is 111 cm³/mol. The van der Waals surface area contributed by atoms with E-state index in [1.807, 2.05) is 6.92 Å². The topological polar surface area (TPSA) is 124 Å². The molecule has 1 aliphatic rings. The lowest BCUT2D eigenvalue weighted by atomic mass is 10.1. The smallest absolute Gasteiger partial charge is 0.321 e. The van der Waals surface area contributed by atoms with Gasteiger partial charge in [0.2, 0.25) is 0 Å². The number of allylic oxidation sites excluding steroid dienone is 1. The fourth-order valence-electron chi connectivity index (χ4n) is 3.01. The minimum atomic E-state index is -0.532. The van der Waals surface area contributed by atoms with Gasteiger partial charge in [-0.05, 0) is 19.1 Å². The number of aryl methyl sites for hydroxylation is 1. The molecule has 0 radical (unpaired) electrons. The van der Waals surface area contributed by atoms with Crippen LogP contribution in [0.2, 0.25) is 0 Å². The molecular weight excluding hydrogens is 410 g/mol. The summed E-state index contributed by atoms with van der Waals surface area (Å²) in [4.78, 5) is 45.0. The van der Waals surface area contributed by atoms with E-state index in [0.29, 0.717) is 17.8 Å². The number of alkyl halides is 1. The van der Waals surface area contributed by atoms with Crippen LogP contribution in [-0.4, -0.2) is 47.7 Å². The van der Waals surface area contributed by atoms with Gasteiger partial charge in [-0.25, -0.2) is 14.2 Å². The number of hydrogen-bond donors (Lipinski definition) is 1. The maximum atomic E-state index is 12.6. The first kappa shape index (κ1) is 19.6. The molecule has 1 aliphatic heterocycles. The van der Waals surface area contributed by atoms with Crippen molar-refractivity contribution in [2.45, 2.75) is 19.9 Å². The van der Waals surface area contributed by atoms with Crippen LogP contribution in [0.4, 0.5) is 5.69 Å². The Morgan fingerprint density at radius 2 is 2.00 bits per heavy atom. The number of ketones is 1. The Morgan fingerprint density at radius 3 is 2.70 bits per heavy atom. The molecule has 1 aromatic carbocycles. The maximum Gasteiger partial charge on any atom is 0.353 e. The zero-order chi connectivity index (χ0) is 21.3. The van der Waals surface area contributed by atoms with Crippen molar-refractivity contribution < 1.29 is 9.59 Å². The third-order valence-corrected chi connectivity index (χ3v) is 4.57. The summed E-state index contributed by atoms with van der Waals surface area (Å²) >= 11 is 5.64. The second-order valence-corrected chi connectivity index (χ2v) is 7.00. The van der Waals surface area contributed by atoms with Crippen molar-refractivity contribution in [2.75, 3.05) is 11.2 Å². The molecule has 0 unspecified atom stereocenters. The molecule has 1 N–H and O–H groups in total. The summed E-state index contributed by atoms with van der Waals surface area (Å²) in [5, 5.41) is 10.4. The fourth-order valence-corrected chi connectivity index (χ4v) is 3.17. The van der Waals surface area contributed by atoms with Gasteiger partial charge in [-0.1, -0.05) is 17.3 Å². The Labute approximate surface area is 174 Å². The number of aromatic nitrogens is 5. The molecule has 0 aliphatic carbocycles. The largest absolute Gasteiger partial charge is 0.353 e. The van der Waals surface area contributed by atoms with Gasteiger partial charge in [-0.15, -0.1) is 16.7 Å². The molecule has 4 rings (SSSR count). The van der Waals surface area contributed by atoms with Crippen LogP contribution in [0.1, 0.15) is 29.4 Å². The summed E-state index contributed by atoms with van der Waals surface area (Å²) in [5.74, 6) is -0.323. The van der Waals surface area contributed by atoms with Crippen LogP contribution in [0, 0.1) is 0 Å². The minimum absolute atomic E-state index is 0.00718. The van der Waals surface area contributed by atoms with Crippen molar-refractivity contribution >= 4 is 46.0 Å². The Hall–Kier alpha value is -3.66. The quantitative estimate of drug-likeness (QED) is 0.618. The molecule has 0 bridgehead atoms. The van der Waals surface area contributed by atoms with Gasteiger partial charge in [0, 0.05) is 35.3 Å². The highest BCUT2D eigenvalue weighted by Crippen LogP contribution is 2.22. The number of anilines is 1. The Balaban J connectivity index is 1.55. The summed E-state index contributed by atoms with van der Waals surface area (Å²) < 4.78 is 2.24. The highest BCUT2D eigenvalue weighted by atomic mass is 35.5. The summed E-state index contributed by atoms with van der Waals surface area (Å²) in [7, 11) is 0. The predicted octanol–water partition coefficient (Wildman–Crippen LogP) is 1.55. The highest BCUT2D eigenvalue weighted by molar-refractivity contribution is 6.17. The zero-order valence-electron chi connectivity index (χ0n) is 15.9. The number of hydrogen-bond acceptors (Lipinski definition) is 7. The Kier molecular flexibility index (Phi) is 5.23. The SMILES string of the molecule is CC1=NC(c2ccc(NC(=O)c3ncn4c(=O)n(CCCl)nnc34)cc2)=CC(=O)C1. The van der Waals surface area contributed by atoms with Gasteiger partial charge in [0.05, 0.1) is 12.2 Å². The average Bonchev–Trinajstić information content (AvgIpc) is 3.15. The number of carbonyl (C=O) groups excluding carboxylic acids is 2. The van der Waals surface area contributed by atoms with Crippen molar-refractivity contribution in [1.29, 1.82) is 0 Å². The number of benzene rings is 1. The number of amides is 1. The normalized spacial score (nSPS) is 13.9. The Bertz CT molecular complexity index is 1270. The van der Waals surface area contributed by atoms with E-state index in [2.05, 4.69) is 25.6 Å². The molecule has 2 aromatic heterocycles. The lowest BCUT2D eigenvalue weighted by molar-refractivity contribution is -0.113. The third kappa shape index (κ3) is 3.77. The van der Waals surface area contributed by atoms with Gasteiger partial charge in [0.25, 0.3) is 5.91 Å². The first-order valence-corrected chi connectivity index (χ1v) is 9.57. The van der Waals surface area contributed by atoms with Crippen LogP contribution in [0.5, 0.6) is 0 Å². The van der Waals surface area contributed by atoms with E-state index in [1.54, 1.807) is 24.3 Å². The van der Waals surface area contributed by atoms with E-state index in [1.165, 1.54) is 12.4 Å². The first-order valence-electron chi connectivity index (χ1n) is 9.03. The third-order valence-electron chi connectivity index (χ3n) is 4.41. The average molecular weight is 426 g/mol. The standard InChI is InChI=1S/C19H16ClN7O3/c1-11-8-14(28)9-15(22-11)12-2-4-13(5-3-12)23-18(29)16-17-24-25-27(7-6-20)19(30)26(17)10-21-16/h2-5,9-10H,6-8H2,1H3,(H,23,29). The van der Waals surface area contributed by atoms with E-state index in [9.17, 15) is 14.4 Å². The number of carbonyl (C=O) groups is 2. The molecule has 30 heavy (non-hydrogen) atoms. The summed E-state index contributed by atoms with van der Waals surface area (Å²) in [6, 6.07) is 6.89. The van der Waals surface area contributed by atoms with E-state index in [-0.39, 0.29) is 29.5 Å². The van der Waals surface area contributed by atoms with Gasteiger partial charge in [-0.3, -0.25) is 14.6 Å². The van der Waals surface area contributed by atoms with E-state index < -0.39 is 11.6 Å². The zero-order valence-corrected chi connectivity index (χ0v) is 16.6. The van der Waals surface area contributed by atoms with Crippen molar-refractivity contribution in [3.8, 4) is 0 Å². The number of nitrogens with zero attached hydrogens (tertiary/aromatic N) is 6. The lowest BCUT2D eigenvalue weighted by Gasteiger charge is -2.10. The monoisotopic (exact) mass is 425 g/mol. The highest BCUT2D eigenvalue weighted by Gasteiger charge is 2.18. The number of fused-ring (bicyclic) bond motifs is 1. The second-order valence-electron chi connectivity index (χ2n) is 6.62. The minimum Gasteiger partial charge on any atom is -0.321 e. The first-order chi connectivity index (χ1) is 14.5. The van der Waals surface area contributed by atoms with Crippen LogP contribution in [0.25, 0.3) is 11.3 Å². The van der Waals surface area contributed by atoms with Crippen LogP contribution in [0.15, 0.2) is 46.5 Å². The summed E-state index contributed by atoms with van der Waals surface area (Å²) in [5.41, 5.74) is 2.16. The molecule has 11 heteroatoms. The van der Waals surface area contributed by atoms with Gasteiger partial charge < -0.3 is 5.32 Å². The lowest BCUT2D eigenvalue weighted by Crippen LogP contribution is -2.30. The van der Waals surface area contributed by atoms with E-state index in [4.69, 9.17) is 11.6 Å². The van der Waals surface area contributed by atoms with Crippen LogP contribution in [0.3, 0.4) is 0 Å². The van der Waals surface area contributed by atoms with Crippen molar-refractivity contribution in [1.82, 2.24) is 24.4 Å². The molecule has 1 amide bonds. The van der Waals surface area contributed by atoms with Crippen molar-refractivity contribution in [2.24, 2.45) is 4.99 Å². The number of nitrogens with one attached hydrogen (secondary N) is 1. The van der Waals surface area contributed by atoms with Gasteiger partial charge >= 0.3 is 5.69 Å². The van der Waals surface area contributed by atoms with Crippen LogP contribution >= 0.6 is 11.6 Å². The number of aliphatic imine (C=N–C) groups is 1. The molecule has 152 valence electrons. The maximum absolute atomic E-state index is 12.6. The molecule has 3 heterocycles. The van der Waals surface area contributed by atoms with Crippen molar-refractivity contribution in [3.05, 3.63) is 58.4 Å². The number of imidazole rings is 1.